The van der Waals surface area contributed by atoms with Crippen molar-refractivity contribution in [3.05, 3.63) is 52.5 Å². The number of hydrogen-bond donors (Lipinski definition) is 0. The number of nitrogens with zero attached hydrogens (tertiary/aromatic N) is 2. The number of thioether (sulfide) groups is 1. The molecule has 0 saturated carbocycles. The Morgan fingerprint density at radius 2 is 1.79 bits per heavy atom. The minimum absolute atomic E-state index is 0.156. The van der Waals surface area contributed by atoms with Crippen LogP contribution in [0.1, 0.15) is 38.7 Å². The lowest BCUT2D eigenvalue weighted by Crippen LogP contribution is -2.36. The second kappa shape index (κ2) is 11.8. The number of likely N-dealkylation sites (tertiary alicyclic amines) is 1. The fraction of sp³-hybridized carbons (Fsp3) is 0.519. The number of piperidine rings is 1. The number of anilines is 1. The SMILES string of the molecule is COc1ccc(N2CC(CCN3CCC(Cc4cc(OC(C)C)ccc4Br)CC3)SC2=O)cc1. The molecule has 1 amide bonds. The van der Waals surface area contributed by atoms with E-state index in [1.54, 1.807) is 7.11 Å². The van der Waals surface area contributed by atoms with E-state index in [4.69, 9.17) is 9.47 Å². The average Bonchev–Trinajstić information content (AvgIpc) is 3.21. The number of halogens is 1. The van der Waals surface area contributed by atoms with Crippen molar-refractivity contribution in [2.24, 2.45) is 5.92 Å². The van der Waals surface area contributed by atoms with Crippen LogP contribution < -0.4 is 14.4 Å². The van der Waals surface area contributed by atoms with Crippen LogP contribution in [0.2, 0.25) is 0 Å². The highest BCUT2D eigenvalue weighted by atomic mass is 79.9. The summed E-state index contributed by atoms with van der Waals surface area (Å²) >= 11 is 5.21. The minimum Gasteiger partial charge on any atom is -0.497 e. The molecule has 184 valence electrons. The zero-order chi connectivity index (χ0) is 24.1. The van der Waals surface area contributed by atoms with Crippen LogP contribution in [-0.4, -0.2) is 54.8 Å². The van der Waals surface area contributed by atoms with E-state index >= 15 is 0 Å². The van der Waals surface area contributed by atoms with Gasteiger partial charge >= 0.3 is 0 Å². The van der Waals surface area contributed by atoms with Crippen LogP contribution in [-0.2, 0) is 6.42 Å². The van der Waals surface area contributed by atoms with Crippen molar-refractivity contribution in [3.63, 3.8) is 0 Å². The van der Waals surface area contributed by atoms with Gasteiger partial charge in [0.05, 0.1) is 13.2 Å². The van der Waals surface area contributed by atoms with Crippen molar-refractivity contribution in [2.45, 2.75) is 50.9 Å². The Kier molecular flexibility index (Phi) is 8.83. The molecular weight excluding hydrogens is 512 g/mol. The summed E-state index contributed by atoms with van der Waals surface area (Å²) in [5.74, 6) is 2.47. The summed E-state index contributed by atoms with van der Waals surface area (Å²) in [6, 6.07) is 14.1. The molecule has 2 aliphatic rings. The van der Waals surface area contributed by atoms with Crippen molar-refractivity contribution >= 4 is 38.6 Å². The molecule has 5 nitrogen and oxygen atoms in total. The highest BCUT2D eigenvalue weighted by Gasteiger charge is 2.32. The predicted octanol–water partition coefficient (Wildman–Crippen LogP) is 6.63. The van der Waals surface area contributed by atoms with Gasteiger partial charge in [0.1, 0.15) is 11.5 Å². The molecule has 0 radical (unpaired) electrons. The third-order valence-corrected chi connectivity index (χ3v) is 8.54. The van der Waals surface area contributed by atoms with E-state index < -0.39 is 0 Å². The topological polar surface area (TPSA) is 42.0 Å². The molecule has 2 aliphatic heterocycles. The van der Waals surface area contributed by atoms with Crippen molar-refractivity contribution in [2.75, 3.05) is 38.2 Å². The molecule has 2 aromatic rings. The summed E-state index contributed by atoms with van der Waals surface area (Å²) in [7, 11) is 1.66. The van der Waals surface area contributed by atoms with E-state index in [0.29, 0.717) is 11.2 Å². The molecule has 2 aromatic carbocycles. The van der Waals surface area contributed by atoms with Gasteiger partial charge in [-0.2, -0.15) is 0 Å². The van der Waals surface area contributed by atoms with Crippen LogP contribution >= 0.6 is 27.7 Å². The largest absolute Gasteiger partial charge is 0.497 e. The lowest BCUT2D eigenvalue weighted by Gasteiger charge is -2.32. The molecule has 1 unspecified atom stereocenters. The van der Waals surface area contributed by atoms with Crippen molar-refractivity contribution in [1.82, 2.24) is 4.90 Å². The second-order valence-corrected chi connectivity index (χ2v) is 11.6. The summed E-state index contributed by atoms with van der Waals surface area (Å²) in [6.07, 6.45) is 4.77. The van der Waals surface area contributed by atoms with E-state index in [9.17, 15) is 4.79 Å². The maximum absolute atomic E-state index is 12.5. The van der Waals surface area contributed by atoms with Gasteiger partial charge in [-0.15, -0.1) is 0 Å². The predicted molar refractivity (Wildman–Crippen MR) is 145 cm³/mol. The van der Waals surface area contributed by atoms with Crippen molar-refractivity contribution < 1.29 is 14.3 Å². The molecule has 2 heterocycles. The first-order valence-electron chi connectivity index (χ1n) is 12.2. The van der Waals surface area contributed by atoms with Gasteiger partial charge in [0.15, 0.2) is 0 Å². The van der Waals surface area contributed by atoms with Gasteiger partial charge in [-0.3, -0.25) is 4.79 Å². The van der Waals surface area contributed by atoms with Crippen LogP contribution in [0, 0.1) is 5.92 Å². The number of benzene rings is 2. The fourth-order valence-electron chi connectivity index (χ4n) is 4.75. The Morgan fingerprint density at radius 1 is 1.09 bits per heavy atom. The van der Waals surface area contributed by atoms with E-state index in [2.05, 4.69) is 46.8 Å². The third-order valence-electron chi connectivity index (χ3n) is 6.63. The monoisotopic (exact) mass is 546 g/mol. The number of carbonyl (C=O) groups is 1. The van der Waals surface area contributed by atoms with Gasteiger partial charge in [0, 0.05) is 22.0 Å². The lowest BCUT2D eigenvalue weighted by atomic mass is 9.90. The van der Waals surface area contributed by atoms with E-state index in [0.717, 1.165) is 56.2 Å². The Labute approximate surface area is 216 Å². The maximum Gasteiger partial charge on any atom is 0.286 e. The molecule has 0 spiro atoms. The molecule has 0 N–H and O–H groups in total. The van der Waals surface area contributed by atoms with Crippen molar-refractivity contribution in [1.29, 1.82) is 0 Å². The molecule has 34 heavy (non-hydrogen) atoms. The molecule has 0 aliphatic carbocycles. The van der Waals surface area contributed by atoms with Gasteiger partial charge < -0.3 is 19.3 Å². The quantitative estimate of drug-likeness (QED) is 0.353. The zero-order valence-electron chi connectivity index (χ0n) is 20.3. The molecule has 4 rings (SSSR count). The normalized spacial score (nSPS) is 19.7. The van der Waals surface area contributed by atoms with Crippen LogP contribution in [0.25, 0.3) is 0 Å². The highest BCUT2D eigenvalue weighted by molar-refractivity contribution is 9.10. The van der Waals surface area contributed by atoms with E-state index in [-0.39, 0.29) is 11.3 Å². The van der Waals surface area contributed by atoms with Crippen molar-refractivity contribution in [3.8, 4) is 11.5 Å². The average molecular weight is 548 g/mol. The maximum atomic E-state index is 12.5. The zero-order valence-corrected chi connectivity index (χ0v) is 22.7. The van der Waals surface area contributed by atoms with E-state index in [1.165, 1.54) is 34.6 Å². The molecule has 1 atom stereocenters. The lowest BCUT2D eigenvalue weighted by molar-refractivity contribution is 0.182. The smallest absolute Gasteiger partial charge is 0.286 e. The summed E-state index contributed by atoms with van der Waals surface area (Å²) < 4.78 is 12.3. The van der Waals surface area contributed by atoms with Gasteiger partial charge in [-0.25, -0.2) is 0 Å². The number of carbonyl (C=O) groups excluding carboxylic acids is 1. The van der Waals surface area contributed by atoms with Crippen LogP contribution in [0.4, 0.5) is 10.5 Å². The Hall–Kier alpha value is -1.70. The fourth-order valence-corrected chi connectivity index (χ4v) is 6.20. The summed E-state index contributed by atoms with van der Waals surface area (Å²) in [5, 5.41) is 0.509. The van der Waals surface area contributed by atoms with Crippen LogP contribution in [0.15, 0.2) is 46.9 Å². The summed E-state index contributed by atoms with van der Waals surface area (Å²) in [6.45, 7) is 8.25. The first-order valence-corrected chi connectivity index (χ1v) is 13.9. The summed E-state index contributed by atoms with van der Waals surface area (Å²) in [5.41, 5.74) is 2.30. The third kappa shape index (κ3) is 6.70. The molecule has 0 bridgehead atoms. The number of methoxy groups -OCH3 is 1. The van der Waals surface area contributed by atoms with Gasteiger partial charge in [0.25, 0.3) is 5.24 Å². The Bertz CT molecular complexity index is 961. The first-order chi connectivity index (χ1) is 16.4. The Balaban J connectivity index is 1.22. The molecule has 2 saturated heterocycles. The Morgan fingerprint density at radius 3 is 2.47 bits per heavy atom. The molecule has 0 aromatic heterocycles. The second-order valence-electron chi connectivity index (χ2n) is 9.51. The number of amides is 1. The number of ether oxygens (including phenoxy) is 2. The van der Waals surface area contributed by atoms with Crippen LogP contribution in [0.5, 0.6) is 11.5 Å². The molecular formula is C27H35BrN2O3S. The van der Waals surface area contributed by atoms with Gasteiger partial charge in [0.2, 0.25) is 0 Å². The van der Waals surface area contributed by atoms with E-state index in [1.807, 2.05) is 35.2 Å². The standard InChI is InChI=1S/C27H35BrN2O3S/c1-19(2)33-24-8-9-26(28)21(17-24)16-20-10-13-29(14-11-20)15-12-25-18-30(27(31)34-25)22-4-6-23(32-3)7-5-22/h4-9,17,19-20,25H,10-16,18H2,1-3H3. The molecule has 2 fully saturated rings. The van der Waals surface area contributed by atoms with Gasteiger partial charge in [-0.1, -0.05) is 27.7 Å². The number of rotatable bonds is 9. The molecule has 7 heteroatoms. The number of hydrogen-bond acceptors (Lipinski definition) is 5. The first kappa shape index (κ1) is 25.4. The highest BCUT2D eigenvalue weighted by Crippen LogP contribution is 2.34. The van der Waals surface area contributed by atoms with Crippen LogP contribution in [0.3, 0.4) is 0 Å². The minimum atomic E-state index is 0.156. The summed E-state index contributed by atoms with van der Waals surface area (Å²) in [4.78, 5) is 17.0. The van der Waals surface area contributed by atoms with Gasteiger partial charge in [-0.05, 0) is 113 Å².